The number of methoxy groups -OCH3 is 1. The molecule has 3 N–H and O–H groups in total. The van der Waals surface area contributed by atoms with Crippen LogP contribution in [0.5, 0.6) is 5.75 Å². The van der Waals surface area contributed by atoms with E-state index in [2.05, 4.69) is 48.8 Å². The van der Waals surface area contributed by atoms with Crippen LogP contribution in [0.15, 0.2) is 91.3 Å². The van der Waals surface area contributed by atoms with Crippen LogP contribution in [0, 0.1) is 0 Å². The molecule has 0 spiro atoms. The first-order chi connectivity index (χ1) is 22.9. The van der Waals surface area contributed by atoms with Gasteiger partial charge in [-0.2, -0.15) is 9.97 Å². The maximum absolute atomic E-state index is 12.1. The zero-order valence-corrected chi connectivity index (χ0v) is 29.8. The van der Waals surface area contributed by atoms with E-state index in [-0.39, 0.29) is 22.7 Å². The molecule has 1 saturated heterocycles. The van der Waals surface area contributed by atoms with Crippen molar-refractivity contribution in [2.24, 2.45) is 0 Å². The normalized spacial score (nSPS) is 20.3. The minimum absolute atomic E-state index is 0.0166. The molecule has 0 aliphatic carbocycles. The van der Waals surface area contributed by atoms with Crippen molar-refractivity contribution in [1.29, 1.82) is 0 Å². The van der Waals surface area contributed by atoms with Crippen LogP contribution in [0.25, 0.3) is 11.2 Å². The van der Waals surface area contributed by atoms with Gasteiger partial charge in [0.15, 0.2) is 26.0 Å². The zero-order chi connectivity index (χ0) is 34.3. The summed E-state index contributed by atoms with van der Waals surface area (Å²) in [6, 6.07) is 27.9. The summed E-state index contributed by atoms with van der Waals surface area (Å²) < 4.78 is 27.9. The number of aromatic nitrogens is 4. The Bertz CT molecular complexity index is 1810. The summed E-state index contributed by atoms with van der Waals surface area (Å²) in [7, 11) is -0.780. The first kappa shape index (κ1) is 34.0. The van der Waals surface area contributed by atoms with Crippen LogP contribution < -0.4 is 10.5 Å². The fraction of sp³-hybridized carbons (Fsp3) is 0.361. The van der Waals surface area contributed by atoms with Gasteiger partial charge in [0.1, 0.15) is 35.2 Å². The van der Waals surface area contributed by atoms with Crippen LogP contribution in [0.2, 0.25) is 23.4 Å². The lowest BCUT2D eigenvalue weighted by Gasteiger charge is -2.40. The number of imidazole rings is 1. The summed E-state index contributed by atoms with van der Waals surface area (Å²) in [4.78, 5) is 12.9. The number of benzene rings is 3. The predicted octanol–water partition coefficient (Wildman–Crippen LogP) is 6.73. The Hall–Kier alpha value is -3.84. The molecule has 3 heterocycles. The highest BCUT2D eigenvalue weighted by atomic mass is 35.5. The fourth-order valence-electron chi connectivity index (χ4n) is 5.95. The molecule has 5 aromatic rings. The third kappa shape index (κ3) is 6.22. The molecule has 48 heavy (non-hydrogen) atoms. The molecule has 0 radical (unpaired) electrons. The molecule has 2 aromatic heterocycles. The van der Waals surface area contributed by atoms with Gasteiger partial charge in [-0.05, 0) is 58.6 Å². The maximum atomic E-state index is 12.1. The van der Waals surface area contributed by atoms with E-state index in [0.29, 0.717) is 11.2 Å². The SMILES string of the molecule is COc1ccc(C(OC[C@H]2O[C@@H](n3cnc4c(N)nc(Cl)nc43)C(O[Si](C)(C)C(C)(C)C)[C@@H]2O)(c2ccccc2)c2ccccc2)cc1. The molecule has 252 valence electrons. The van der Waals surface area contributed by atoms with Crippen LogP contribution in [0.1, 0.15) is 43.7 Å². The van der Waals surface area contributed by atoms with Crippen LogP contribution in [-0.4, -0.2) is 65.0 Å². The van der Waals surface area contributed by atoms with Gasteiger partial charge in [0.05, 0.1) is 20.0 Å². The molecule has 3 aromatic carbocycles. The minimum atomic E-state index is -2.42. The zero-order valence-electron chi connectivity index (χ0n) is 28.0. The van der Waals surface area contributed by atoms with Gasteiger partial charge in [0, 0.05) is 0 Å². The van der Waals surface area contributed by atoms with Crippen molar-refractivity contribution in [2.45, 2.75) is 69.0 Å². The summed E-state index contributed by atoms with van der Waals surface area (Å²) in [5, 5.41) is 11.9. The van der Waals surface area contributed by atoms with Gasteiger partial charge in [0.25, 0.3) is 0 Å². The Morgan fingerprint density at radius 2 is 1.50 bits per heavy atom. The van der Waals surface area contributed by atoms with Crippen LogP contribution in [0.4, 0.5) is 5.82 Å². The van der Waals surface area contributed by atoms with Gasteiger partial charge in [-0.25, -0.2) is 4.98 Å². The standard InChI is InChI=1S/C36H42ClN5O5Si/c1-35(2,3)48(5,6)47-30-29(43)27(46-33(30)42-22-39-28-31(38)40-34(37)41-32(28)42)21-45-36(23-13-9-7-10-14-23,24-15-11-8-12-16-24)25-17-19-26(44-4)20-18-25/h7-20,22,27,29-30,33,43H,21H2,1-6H3,(H2,38,40,41)/t27-,29-,30?,33-/m1/s1. The van der Waals surface area contributed by atoms with E-state index in [1.54, 1.807) is 18.0 Å². The lowest BCUT2D eigenvalue weighted by atomic mass is 9.80. The number of halogens is 1. The van der Waals surface area contributed by atoms with Crippen LogP contribution in [0.3, 0.4) is 0 Å². The van der Waals surface area contributed by atoms with Gasteiger partial charge in [-0.3, -0.25) is 4.57 Å². The van der Waals surface area contributed by atoms with E-state index in [1.807, 2.05) is 84.9 Å². The second-order valence-corrected chi connectivity index (χ2v) is 18.6. The van der Waals surface area contributed by atoms with E-state index < -0.39 is 38.5 Å². The van der Waals surface area contributed by atoms with Crippen molar-refractivity contribution in [1.82, 2.24) is 19.5 Å². The molecule has 1 fully saturated rings. The third-order valence-corrected chi connectivity index (χ3v) is 14.2. The Morgan fingerprint density at radius 3 is 2.06 bits per heavy atom. The lowest BCUT2D eigenvalue weighted by molar-refractivity contribution is -0.0940. The molecule has 0 saturated carbocycles. The Labute approximate surface area is 286 Å². The number of nitrogen functional groups attached to an aromatic ring is 1. The summed E-state index contributed by atoms with van der Waals surface area (Å²) >= 11 is 6.23. The molecule has 0 amide bonds. The van der Waals surface area contributed by atoms with E-state index >= 15 is 0 Å². The number of rotatable bonds is 10. The average molecular weight is 688 g/mol. The molecule has 1 aliphatic rings. The second-order valence-electron chi connectivity index (χ2n) is 13.6. The number of nitrogens with two attached hydrogens (primary N) is 1. The topological polar surface area (TPSA) is 127 Å². The molecular formula is C36H42ClN5O5Si. The number of aliphatic hydroxyl groups is 1. The molecule has 1 unspecified atom stereocenters. The number of aliphatic hydroxyl groups excluding tert-OH is 1. The van der Waals surface area contributed by atoms with E-state index in [1.165, 1.54) is 0 Å². The molecule has 4 atom stereocenters. The van der Waals surface area contributed by atoms with Gasteiger partial charge in [-0.15, -0.1) is 0 Å². The van der Waals surface area contributed by atoms with Crippen molar-refractivity contribution in [3.8, 4) is 5.75 Å². The van der Waals surface area contributed by atoms with Gasteiger partial charge in [0.2, 0.25) is 5.28 Å². The molecule has 10 nitrogen and oxygen atoms in total. The minimum Gasteiger partial charge on any atom is -0.497 e. The smallest absolute Gasteiger partial charge is 0.226 e. The number of ether oxygens (including phenoxy) is 3. The van der Waals surface area contributed by atoms with E-state index in [9.17, 15) is 5.11 Å². The van der Waals surface area contributed by atoms with Crippen molar-refractivity contribution >= 4 is 36.9 Å². The lowest BCUT2D eigenvalue weighted by Crippen LogP contribution is -2.49. The first-order valence-electron chi connectivity index (χ1n) is 15.9. The summed E-state index contributed by atoms with van der Waals surface area (Å²) in [6.45, 7) is 10.8. The van der Waals surface area contributed by atoms with Crippen molar-refractivity contribution < 1.29 is 23.7 Å². The van der Waals surface area contributed by atoms with E-state index in [4.69, 9.17) is 36.0 Å². The Balaban J connectivity index is 1.43. The predicted molar refractivity (Wildman–Crippen MR) is 188 cm³/mol. The number of anilines is 1. The maximum Gasteiger partial charge on any atom is 0.226 e. The number of fused-ring (bicyclic) bond motifs is 1. The van der Waals surface area contributed by atoms with Crippen LogP contribution in [-0.2, 0) is 19.5 Å². The highest BCUT2D eigenvalue weighted by Gasteiger charge is 2.52. The van der Waals surface area contributed by atoms with Crippen molar-refractivity contribution in [2.75, 3.05) is 19.5 Å². The number of hydrogen-bond donors (Lipinski definition) is 2. The Kier molecular flexibility index (Phi) is 9.38. The highest BCUT2D eigenvalue weighted by Crippen LogP contribution is 2.45. The van der Waals surface area contributed by atoms with Gasteiger partial charge < -0.3 is 29.5 Å². The first-order valence-corrected chi connectivity index (χ1v) is 19.2. The quantitative estimate of drug-likeness (QED) is 0.0934. The van der Waals surface area contributed by atoms with Crippen molar-refractivity contribution in [3.63, 3.8) is 0 Å². The second kappa shape index (κ2) is 13.2. The van der Waals surface area contributed by atoms with Gasteiger partial charge in [-0.1, -0.05) is 93.6 Å². The summed E-state index contributed by atoms with van der Waals surface area (Å²) in [6.07, 6.45) is -1.85. The fourth-order valence-corrected chi connectivity index (χ4v) is 7.41. The average Bonchev–Trinajstić information content (AvgIpc) is 3.62. The molecule has 6 rings (SSSR count). The molecule has 1 aliphatic heterocycles. The molecule has 0 bridgehead atoms. The van der Waals surface area contributed by atoms with Crippen molar-refractivity contribution in [3.05, 3.63) is 113 Å². The highest BCUT2D eigenvalue weighted by molar-refractivity contribution is 6.74. The van der Waals surface area contributed by atoms with E-state index in [0.717, 1.165) is 22.4 Å². The number of hydrogen-bond acceptors (Lipinski definition) is 9. The van der Waals surface area contributed by atoms with Gasteiger partial charge >= 0.3 is 0 Å². The number of nitrogens with zero attached hydrogens (tertiary/aromatic N) is 4. The largest absolute Gasteiger partial charge is 0.497 e. The van der Waals surface area contributed by atoms with Crippen LogP contribution >= 0.6 is 11.6 Å². The third-order valence-electron chi connectivity index (χ3n) is 9.57. The monoisotopic (exact) mass is 687 g/mol. The summed E-state index contributed by atoms with van der Waals surface area (Å²) in [5.41, 5.74) is 8.59. The summed E-state index contributed by atoms with van der Waals surface area (Å²) in [5.74, 6) is 0.882. The molecular weight excluding hydrogens is 646 g/mol. The molecule has 12 heteroatoms. The Morgan fingerprint density at radius 1 is 0.917 bits per heavy atom.